The number of ether oxygens (including phenoxy) is 1. The second-order valence-corrected chi connectivity index (χ2v) is 10.7. The summed E-state index contributed by atoms with van der Waals surface area (Å²) in [6.45, 7) is 4.39. The molecule has 1 saturated heterocycles. The molecule has 0 unspecified atom stereocenters. The molecule has 1 aromatic heterocycles. The van der Waals surface area contributed by atoms with E-state index in [0.717, 1.165) is 24.0 Å². The largest absolute Gasteiger partial charge is 0.493 e. The van der Waals surface area contributed by atoms with Crippen molar-refractivity contribution in [1.82, 2.24) is 30.7 Å². The van der Waals surface area contributed by atoms with Crippen LogP contribution in [-0.2, 0) is 4.79 Å². The fraction of sp³-hybridized carbons (Fsp3) is 0.433. The summed E-state index contributed by atoms with van der Waals surface area (Å²) in [4.78, 5) is 45.7. The van der Waals surface area contributed by atoms with Crippen LogP contribution >= 0.6 is 0 Å². The number of nitrogens with zero attached hydrogens (tertiary/aromatic N) is 3. The fourth-order valence-corrected chi connectivity index (χ4v) is 5.52. The second kappa shape index (κ2) is 12.3. The number of amides is 3. The zero-order valence-electron chi connectivity index (χ0n) is 22.9. The van der Waals surface area contributed by atoms with E-state index < -0.39 is 5.41 Å². The lowest BCUT2D eigenvalue weighted by molar-refractivity contribution is -0.134. The van der Waals surface area contributed by atoms with Gasteiger partial charge in [0.2, 0.25) is 5.91 Å². The summed E-state index contributed by atoms with van der Waals surface area (Å²) in [6.07, 6.45) is 5.54. The molecule has 3 amide bonds. The maximum atomic E-state index is 13.5. The Morgan fingerprint density at radius 1 is 0.975 bits per heavy atom. The highest BCUT2D eigenvalue weighted by atomic mass is 16.5. The van der Waals surface area contributed by atoms with E-state index in [2.05, 4.69) is 25.8 Å². The number of fused-ring (bicyclic) bond motifs is 1. The Labute approximate surface area is 233 Å². The Hall–Kier alpha value is -4.21. The van der Waals surface area contributed by atoms with Crippen LogP contribution in [0.25, 0.3) is 11.4 Å². The molecule has 5 rings (SSSR count). The molecule has 10 heteroatoms. The van der Waals surface area contributed by atoms with Crippen molar-refractivity contribution in [2.45, 2.75) is 45.4 Å². The van der Waals surface area contributed by atoms with Crippen molar-refractivity contribution in [2.24, 2.45) is 5.41 Å². The molecular formula is C30H36N6O4. The number of rotatable bonds is 2. The van der Waals surface area contributed by atoms with Gasteiger partial charge >= 0.3 is 0 Å². The SMILES string of the molecule is Cc1ccc2c(c1)OCCCNC(=O)C1(CCCCNC2=O)CCN(C(=O)c2cccc(-c3ncn[nH]3)c2)CC1. The quantitative estimate of drug-likeness (QED) is 0.453. The van der Waals surface area contributed by atoms with Gasteiger partial charge in [0, 0.05) is 37.3 Å². The van der Waals surface area contributed by atoms with Gasteiger partial charge in [0.15, 0.2) is 5.82 Å². The third-order valence-electron chi connectivity index (χ3n) is 7.90. The van der Waals surface area contributed by atoms with Gasteiger partial charge in [-0.05, 0) is 68.9 Å². The van der Waals surface area contributed by atoms with Crippen molar-refractivity contribution < 1.29 is 19.1 Å². The van der Waals surface area contributed by atoms with E-state index in [1.165, 1.54) is 6.33 Å². The molecular weight excluding hydrogens is 508 g/mol. The Bertz CT molecular complexity index is 1350. The highest BCUT2D eigenvalue weighted by Crippen LogP contribution is 2.37. The number of piperidine rings is 1. The minimum atomic E-state index is -0.538. The Morgan fingerprint density at radius 3 is 2.60 bits per heavy atom. The summed E-state index contributed by atoms with van der Waals surface area (Å²) < 4.78 is 5.94. The van der Waals surface area contributed by atoms with Crippen LogP contribution in [-0.4, -0.2) is 70.6 Å². The van der Waals surface area contributed by atoms with Crippen LogP contribution in [0.15, 0.2) is 48.8 Å². The number of likely N-dealkylation sites (tertiary alicyclic amines) is 1. The maximum Gasteiger partial charge on any atom is 0.255 e. The predicted molar refractivity (Wildman–Crippen MR) is 150 cm³/mol. The van der Waals surface area contributed by atoms with Crippen LogP contribution in [0.2, 0.25) is 0 Å². The Kier molecular flexibility index (Phi) is 8.42. The van der Waals surface area contributed by atoms with Crippen LogP contribution in [0, 0.1) is 12.3 Å². The first kappa shape index (κ1) is 27.4. The van der Waals surface area contributed by atoms with E-state index in [9.17, 15) is 14.4 Å². The topological polar surface area (TPSA) is 129 Å². The minimum Gasteiger partial charge on any atom is -0.493 e. The zero-order valence-corrected chi connectivity index (χ0v) is 22.9. The molecule has 1 spiro atoms. The van der Waals surface area contributed by atoms with Gasteiger partial charge in [0.05, 0.1) is 17.6 Å². The van der Waals surface area contributed by atoms with Gasteiger partial charge in [-0.25, -0.2) is 4.98 Å². The summed E-state index contributed by atoms with van der Waals surface area (Å²) in [5.74, 6) is 1.02. The first-order chi connectivity index (χ1) is 19.4. The van der Waals surface area contributed by atoms with Gasteiger partial charge < -0.3 is 20.3 Å². The van der Waals surface area contributed by atoms with Crippen molar-refractivity contribution in [3.05, 3.63) is 65.5 Å². The molecule has 2 aromatic carbocycles. The Morgan fingerprint density at radius 2 is 1.80 bits per heavy atom. The molecule has 0 saturated carbocycles. The van der Waals surface area contributed by atoms with Gasteiger partial charge in [0.25, 0.3) is 11.8 Å². The number of carbonyl (C=O) groups is 3. The standard InChI is InChI=1S/C30H36N6O4/c1-21-8-9-24-25(18-21)40-17-5-14-32-29(39)30(10-2-3-13-31-27(24)37)11-15-36(16-12-30)28(38)23-7-4-6-22(19-23)26-33-20-34-35-26/h4,6-9,18-20H,2-3,5,10-17H2,1H3,(H,31,37)(H,32,39)(H,33,34,35). The van der Waals surface area contributed by atoms with Crippen molar-refractivity contribution >= 4 is 17.7 Å². The van der Waals surface area contributed by atoms with Crippen molar-refractivity contribution in [1.29, 1.82) is 0 Å². The Balaban J connectivity index is 1.23. The molecule has 1 fully saturated rings. The molecule has 210 valence electrons. The number of aryl methyl sites for hydroxylation is 1. The third-order valence-corrected chi connectivity index (χ3v) is 7.90. The molecule has 0 atom stereocenters. The van der Waals surface area contributed by atoms with Crippen LogP contribution in [0.4, 0.5) is 0 Å². The van der Waals surface area contributed by atoms with E-state index in [4.69, 9.17) is 4.74 Å². The number of hydrogen-bond acceptors (Lipinski definition) is 6. The first-order valence-corrected chi connectivity index (χ1v) is 14.0. The van der Waals surface area contributed by atoms with Crippen LogP contribution in [0.3, 0.4) is 0 Å². The first-order valence-electron chi connectivity index (χ1n) is 14.0. The minimum absolute atomic E-state index is 0.0436. The van der Waals surface area contributed by atoms with Crippen LogP contribution < -0.4 is 15.4 Å². The summed E-state index contributed by atoms with van der Waals surface area (Å²) in [7, 11) is 0. The lowest BCUT2D eigenvalue weighted by Crippen LogP contribution is -2.50. The summed E-state index contributed by atoms with van der Waals surface area (Å²) in [5, 5.41) is 12.9. The van der Waals surface area contributed by atoms with Gasteiger partial charge in [-0.15, -0.1) is 0 Å². The molecule has 0 aliphatic carbocycles. The highest BCUT2D eigenvalue weighted by Gasteiger charge is 2.41. The number of aromatic nitrogens is 3. The molecule has 40 heavy (non-hydrogen) atoms. The molecule has 2 aliphatic heterocycles. The number of H-pyrrole nitrogens is 1. The number of hydrogen-bond donors (Lipinski definition) is 3. The summed E-state index contributed by atoms with van der Waals surface area (Å²) in [5.41, 5.74) is 2.40. The molecule has 3 heterocycles. The fourth-order valence-electron chi connectivity index (χ4n) is 5.52. The van der Waals surface area contributed by atoms with Gasteiger partial charge in [-0.1, -0.05) is 24.6 Å². The number of aromatic amines is 1. The van der Waals surface area contributed by atoms with Gasteiger partial charge in [0.1, 0.15) is 12.1 Å². The lowest BCUT2D eigenvalue weighted by Gasteiger charge is -2.41. The van der Waals surface area contributed by atoms with Crippen LogP contribution in [0.5, 0.6) is 5.75 Å². The lowest BCUT2D eigenvalue weighted by atomic mass is 9.73. The molecule has 0 bridgehead atoms. The molecule has 0 radical (unpaired) electrons. The summed E-state index contributed by atoms with van der Waals surface area (Å²) in [6, 6.07) is 12.9. The van der Waals surface area contributed by atoms with Crippen molar-refractivity contribution in [3.63, 3.8) is 0 Å². The molecule has 3 N–H and O–H groups in total. The molecule has 2 aliphatic rings. The molecule has 3 aromatic rings. The zero-order chi connectivity index (χ0) is 28.0. The van der Waals surface area contributed by atoms with Crippen LogP contribution in [0.1, 0.15) is 64.8 Å². The molecule has 10 nitrogen and oxygen atoms in total. The monoisotopic (exact) mass is 544 g/mol. The predicted octanol–water partition coefficient (Wildman–Crippen LogP) is 3.50. The smallest absolute Gasteiger partial charge is 0.255 e. The average Bonchev–Trinajstić information content (AvgIpc) is 3.51. The van der Waals surface area contributed by atoms with E-state index >= 15 is 0 Å². The number of carbonyl (C=O) groups excluding carboxylic acids is 3. The normalized spacial score (nSPS) is 18.5. The highest BCUT2D eigenvalue weighted by molar-refractivity contribution is 5.97. The second-order valence-electron chi connectivity index (χ2n) is 10.7. The van der Waals surface area contributed by atoms with Crippen molar-refractivity contribution in [3.8, 4) is 17.1 Å². The average molecular weight is 545 g/mol. The van der Waals surface area contributed by atoms with Gasteiger partial charge in [-0.3, -0.25) is 19.5 Å². The van der Waals surface area contributed by atoms with Crippen molar-refractivity contribution in [2.75, 3.05) is 32.8 Å². The van der Waals surface area contributed by atoms with Gasteiger partial charge in [-0.2, -0.15) is 5.10 Å². The number of benzene rings is 2. The maximum absolute atomic E-state index is 13.5. The van der Waals surface area contributed by atoms with E-state index in [1.807, 2.05) is 42.2 Å². The van der Waals surface area contributed by atoms with E-state index in [-0.39, 0.29) is 17.7 Å². The van der Waals surface area contributed by atoms with E-state index in [0.29, 0.717) is 81.2 Å². The summed E-state index contributed by atoms with van der Waals surface area (Å²) >= 11 is 0. The number of nitrogens with one attached hydrogen (secondary N) is 3. The van der Waals surface area contributed by atoms with E-state index in [1.54, 1.807) is 12.1 Å². The third kappa shape index (κ3) is 6.16.